The highest BCUT2D eigenvalue weighted by Crippen LogP contribution is 2.07. The number of anilines is 1. The van der Waals surface area contributed by atoms with E-state index in [1.165, 1.54) is 6.33 Å². The number of nitrogens with one attached hydrogen (secondary N) is 1. The fraction of sp³-hybridized carbons (Fsp3) is 0. The lowest BCUT2D eigenvalue weighted by Crippen LogP contribution is -2.12. The molecule has 0 spiro atoms. The maximum absolute atomic E-state index is 11.4. The van der Waals surface area contributed by atoms with Crippen LogP contribution in [0, 0.1) is 0 Å². The first kappa shape index (κ1) is 10.2. The number of aromatic amines is 1. The Morgan fingerprint density at radius 2 is 1.94 bits per heavy atom. The topological polar surface area (TPSA) is 71.8 Å². The molecule has 0 saturated heterocycles. The second kappa shape index (κ2) is 4.44. The van der Waals surface area contributed by atoms with E-state index in [1.54, 1.807) is 6.08 Å². The third kappa shape index (κ3) is 2.17. The minimum absolute atomic E-state index is 0.232. The summed E-state index contributed by atoms with van der Waals surface area (Å²) < 4.78 is 0. The molecule has 2 rings (SSSR count). The zero-order valence-corrected chi connectivity index (χ0v) is 8.55. The van der Waals surface area contributed by atoms with Crippen LogP contribution in [0.1, 0.15) is 11.1 Å². The van der Waals surface area contributed by atoms with Gasteiger partial charge in [0.2, 0.25) is 0 Å². The van der Waals surface area contributed by atoms with Gasteiger partial charge < -0.3 is 10.7 Å². The molecule has 4 heteroatoms. The standard InChI is InChI=1S/C12H11N3O/c13-11-10(12(16)15-8-14-11)7-6-9-4-2-1-3-5-9/h1-8H,(H3,13,14,15,16)/b7-6+. The molecule has 0 aliphatic carbocycles. The van der Waals surface area contributed by atoms with E-state index in [4.69, 9.17) is 5.73 Å². The fourth-order valence-electron chi connectivity index (χ4n) is 1.33. The summed E-state index contributed by atoms with van der Waals surface area (Å²) in [7, 11) is 0. The number of benzene rings is 1. The van der Waals surface area contributed by atoms with Crippen molar-refractivity contribution >= 4 is 18.0 Å². The summed E-state index contributed by atoms with van der Waals surface area (Å²) in [6.45, 7) is 0. The molecule has 0 atom stereocenters. The van der Waals surface area contributed by atoms with Crippen LogP contribution in [0.25, 0.3) is 12.2 Å². The number of nitrogens with zero attached hydrogens (tertiary/aromatic N) is 1. The number of hydrogen-bond acceptors (Lipinski definition) is 3. The summed E-state index contributed by atoms with van der Waals surface area (Å²) in [6, 6.07) is 9.67. The van der Waals surface area contributed by atoms with Gasteiger partial charge in [-0.1, -0.05) is 36.4 Å². The van der Waals surface area contributed by atoms with E-state index in [-0.39, 0.29) is 11.4 Å². The van der Waals surface area contributed by atoms with Crippen LogP contribution in [-0.2, 0) is 0 Å². The molecule has 80 valence electrons. The molecule has 0 unspecified atom stereocenters. The van der Waals surface area contributed by atoms with Crippen LogP contribution in [0.3, 0.4) is 0 Å². The molecule has 1 aromatic heterocycles. The van der Waals surface area contributed by atoms with E-state index in [1.807, 2.05) is 36.4 Å². The third-order valence-electron chi connectivity index (χ3n) is 2.16. The largest absolute Gasteiger partial charge is 0.383 e. The Morgan fingerprint density at radius 1 is 1.19 bits per heavy atom. The van der Waals surface area contributed by atoms with Gasteiger partial charge in [0.1, 0.15) is 5.82 Å². The smallest absolute Gasteiger partial charge is 0.260 e. The predicted molar refractivity (Wildman–Crippen MR) is 64.6 cm³/mol. The van der Waals surface area contributed by atoms with Gasteiger partial charge in [-0.3, -0.25) is 4.79 Å². The highest BCUT2D eigenvalue weighted by Gasteiger charge is 2.00. The minimum Gasteiger partial charge on any atom is -0.383 e. The monoisotopic (exact) mass is 213 g/mol. The molecular formula is C12H11N3O. The quantitative estimate of drug-likeness (QED) is 0.794. The summed E-state index contributed by atoms with van der Waals surface area (Å²) in [6.07, 6.45) is 4.77. The van der Waals surface area contributed by atoms with Crippen molar-refractivity contribution in [1.82, 2.24) is 9.97 Å². The van der Waals surface area contributed by atoms with Gasteiger partial charge in [-0.25, -0.2) is 4.98 Å². The van der Waals surface area contributed by atoms with Gasteiger partial charge in [0.15, 0.2) is 0 Å². The van der Waals surface area contributed by atoms with Crippen molar-refractivity contribution in [1.29, 1.82) is 0 Å². The summed E-state index contributed by atoms with van der Waals surface area (Å²) in [4.78, 5) is 17.7. The first-order valence-electron chi connectivity index (χ1n) is 4.83. The molecule has 1 aromatic carbocycles. The van der Waals surface area contributed by atoms with Crippen molar-refractivity contribution < 1.29 is 0 Å². The Bertz CT molecular complexity index is 558. The lowest BCUT2D eigenvalue weighted by molar-refractivity contribution is 1.12. The molecule has 16 heavy (non-hydrogen) atoms. The minimum atomic E-state index is -0.236. The number of nitrogen functional groups attached to an aromatic ring is 1. The van der Waals surface area contributed by atoms with E-state index in [0.717, 1.165) is 5.56 Å². The molecule has 0 fully saturated rings. The van der Waals surface area contributed by atoms with E-state index >= 15 is 0 Å². The normalized spacial score (nSPS) is 10.8. The molecule has 1 heterocycles. The van der Waals surface area contributed by atoms with Crippen molar-refractivity contribution in [2.24, 2.45) is 0 Å². The Morgan fingerprint density at radius 3 is 2.62 bits per heavy atom. The number of nitrogens with two attached hydrogens (primary N) is 1. The van der Waals surface area contributed by atoms with Gasteiger partial charge in [-0.05, 0) is 11.6 Å². The summed E-state index contributed by atoms with van der Waals surface area (Å²) in [5.74, 6) is 0.232. The molecule has 2 aromatic rings. The average molecular weight is 213 g/mol. The lowest BCUT2D eigenvalue weighted by atomic mass is 10.2. The van der Waals surface area contributed by atoms with Gasteiger partial charge in [-0.15, -0.1) is 0 Å². The van der Waals surface area contributed by atoms with Crippen LogP contribution in [0.5, 0.6) is 0 Å². The predicted octanol–water partition coefficient (Wildman–Crippen LogP) is 1.52. The maximum Gasteiger partial charge on any atom is 0.260 e. The van der Waals surface area contributed by atoms with E-state index in [2.05, 4.69) is 9.97 Å². The highest BCUT2D eigenvalue weighted by atomic mass is 16.1. The third-order valence-corrected chi connectivity index (χ3v) is 2.16. The van der Waals surface area contributed by atoms with Crippen molar-refractivity contribution in [2.75, 3.05) is 5.73 Å². The molecule has 3 N–H and O–H groups in total. The molecule has 0 aliphatic heterocycles. The number of rotatable bonds is 2. The Hall–Kier alpha value is -2.36. The van der Waals surface area contributed by atoms with E-state index < -0.39 is 0 Å². The lowest BCUT2D eigenvalue weighted by Gasteiger charge is -1.96. The number of H-pyrrole nitrogens is 1. The maximum atomic E-state index is 11.4. The summed E-state index contributed by atoms with van der Waals surface area (Å²) in [5.41, 5.74) is 6.75. The summed E-state index contributed by atoms with van der Waals surface area (Å²) in [5, 5.41) is 0. The first-order valence-corrected chi connectivity index (χ1v) is 4.83. The highest BCUT2D eigenvalue weighted by molar-refractivity contribution is 5.73. The first-order chi connectivity index (χ1) is 7.77. The van der Waals surface area contributed by atoms with Crippen molar-refractivity contribution in [3.05, 3.63) is 58.1 Å². The van der Waals surface area contributed by atoms with Crippen LogP contribution in [0.4, 0.5) is 5.82 Å². The fourth-order valence-corrected chi connectivity index (χ4v) is 1.33. The second-order valence-electron chi connectivity index (χ2n) is 3.27. The Balaban J connectivity index is 2.35. The summed E-state index contributed by atoms with van der Waals surface area (Å²) >= 11 is 0. The van der Waals surface area contributed by atoms with Gasteiger partial charge in [0, 0.05) is 0 Å². The van der Waals surface area contributed by atoms with Crippen LogP contribution in [0.15, 0.2) is 41.5 Å². The SMILES string of the molecule is Nc1nc[nH]c(=O)c1/C=C/c1ccccc1. The number of aromatic nitrogens is 2. The second-order valence-corrected chi connectivity index (χ2v) is 3.27. The molecule has 0 aliphatic rings. The average Bonchev–Trinajstić information content (AvgIpc) is 2.30. The molecule has 4 nitrogen and oxygen atoms in total. The zero-order chi connectivity index (χ0) is 11.4. The Kier molecular flexibility index (Phi) is 2.82. The van der Waals surface area contributed by atoms with Gasteiger partial charge in [-0.2, -0.15) is 0 Å². The zero-order valence-electron chi connectivity index (χ0n) is 8.55. The van der Waals surface area contributed by atoms with Crippen molar-refractivity contribution in [3.63, 3.8) is 0 Å². The van der Waals surface area contributed by atoms with Crippen molar-refractivity contribution in [2.45, 2.75) is 0 Å². The van der Waals surface area contributed by atoms with Gasteiger partial charge >= 0.3 is 0 Å². The van der Waals surface area contributed by atoms with Gasteiger partial charge in [0.25, 0.3) is 5.56 Å². The molecule has 0 bridgehead atoms. The van der Waals surface area contributed by atoms with E-state index in [0.29, 0.717) is 5.56 Å². The molecule has 0 saturated carbocycles. The van der Waals surface area contributed by atoms with Crippen molar-refractivity contribution in [3.8, 4) is 0 Å². The molecule has 0 amide bonds. The Labute approximate surface area is 92.5 Å². The number of hydrogen-bond donors (Lipinski definition) is 2. The van der Waals surface area contributed by atoms with Crippen LogP contribution in [-0.4, -0.2) is 9.97 Å². The van der Waals surface area contributed by atoms with E-state index in [9.17, 15) is 4.79 Å². The molecular weight excluding hydrogens is 202 g/mol. The van der Waals surface area contributed by atoms with Crippen LogP contribution >= 0.6 is 0 Å². The van der Waals surface area contributed by atoms with Crippen LogP contribution < -0.4 is 11.3 Å². The van der Waals surface area contributed by atoms with Gasteiger partial charge in [0.05, 0.1) is 11.9 Å². The van der Waals surface area contributed by atoms with Crippen LogP contribution in [0.2, 0.25) is 0 Å². The molecule has 0 radical (unpaired) electrons.